The third-order valence-electron chi connectivity index (χ3n) is 5.68. The van der Waals surface area contributed by atoms with E-state index in [1.54, 1.807) is 17.4 Å². The van der Waals surface area contributed by atoms with Gasteiger partial charge in [0.25, 0.3) is 5.91 Å². The van der Waals surface area contributed by atoms with E-state index in [0.717, 1.165) is 38.3 Å². The Labute approximate surface area is 186 Å². The van der Waals surface area contributed by atoms with E-state index in [0.29, 0.717) is 24.3 Å². The number of anilines is 1. The lowest BCUT2D eigenvalue weighted by molar-refractivity contribution is 0.0705. The van der Waals surface area contributed by atoms with Crippen molar-refractivity contribution in [3.63, 3.8) is 0 Å². The van der Waals surface area contributed by atoms with Crippen LogP contribution in [0.5, 0.6) is 0 Å². The lowest BCUT2D eigenvalue weighted by Crippen LogP contribution is -2.32. The smallest absolute Gasteiger partial charge is 0.277 e. The number of likely N-dealkylation sites (tertiary alicyclic amines) is 1. The molecule has 3 aromatic rings. The highest BCUT2D eigenvalue weighted by Crippen LogP contribution is 2.27. The number of aromatic nitrogens is 4. The van der Waals surface area contributed by atoms with Crippen LogP contribution in [-0.4, -0.2) is 56.3 Å². The molecule has 10 nitrogen and oxygen atoms in total. The number of nitrogens with zero attached hydrogens (tertiary/aromatic N) is 6. The van der Waals surface area contributed by atoms with Crippen molar-refractivity contribution >= 4 is 11.9 Å². The summed E-state index contributed by atoms with van der Waals surface area (Å²) < 4.78 is 5.45. The van der Waals surface area contributed by atoms with Crippen LogP contribution in [0.1, 0.15) is 52.0 Å². The van der Waals surface area contributed by atoms with Crippen LogP contribution >= 0.6 is 0 Å². The van der Waals surface area contributed by atoms with Gasteiger partial charge in [0.15, 0.2) is 5.82 Å². The lowest BCUT2D eigenvalue weighted by Gasteiger charge is -2.30. The molecule has 4 rings (SSSR count). The summed E-state index contributed by atoms with van der Waals surface area (Å²) in [5, 5.41) is 12.9. The average Bonchev–Trinajstić information content (AvgIpc) is 3.29. The number of nitrogens with one attached hydrogen (secondary N) is 1. The number of benzene rings is 1. The van der Waals surface area contributed by atoms with Crippen LogP contribution in [0.15, 0.2) is 41.2 Å². The topological polar surface area (TPSA) is 121 Å². The molecule has 0 saturated carbocycles. The summed E-state index contributed by atoms with van der Waals surface area (Å²) in [5.74, 6) is 1.28. The van der Waals surface area contributed by atoms with Crippen LogP contribution in [0.2, 0.25) is 0 Å². The summed E-state index contributed by atoms with van der Waals surface area (Å²) in [6.45, 7) is 5.43. The molecule has 0 bridgehead atoms. The van der Waals surface area contributed by atoms with Gasteiger partial charge in [0.2, 0.25) is 11.8 Å². The van der Waals surface area contributed by atoms with Gasteiger partial charge in [0.1, 0.15) is 0 Å². The van der Waals surface area contributed by atoms with Gasteiger partial charge in [-0.2, -0.15) is 4.98 Å². The predicted octanol–water partition coefficient (Wildman–Crippen LogP) is 2.30. The largest absolute Gasteiger partial charge is 0.337 e. The minimum Gasteiger partial charge on any atom is -0.337 e. The molecule has 0 spiro atoms. The number of carbonyl (C=O) groups is 1. The molecule has 1 amide bonds. The maximum absolute atomic E-state index is 11.4. The van der Waals surface area contributed by atoms with Gasteiger partial charge in [-0.15, -0.1) is 0 Å². The first-order valence-electron chi connectivity index (χ1n) is 10.6. The Morgan fingerprint density at radius 3 is 2.56 bits per heavy atom. The monoisotopic (exact) mass is 437 g/mol. The van der Waals surface area contributed by atoms with E-state index in [9.17, 15) is 4.79 Å². The van der Waals surface area contributed by atoms with Crippen molar-refractivity contribution in [3.8, 4) is 0 Å². The maximum Gasteiger partial charge on any atom is 0.277 e. The zero-order valence-electron chi connectivity index (χ0n) is 18.2. The number of aryl methyl sites for hydroxylation is 1. The van der Waals surface area contributed by atoms with Crippen molar-refractivity contribution in [1.29, 1.82) is 0 Å². The van der Waals surface area contributed by atoms with E-state index >= 15 is 0 Å². The molecule has 1 aromatic carbocycles. The van der Waals surface area contributed by atoms with Gasteiger partial charge in [0.05, 0.1) is 12.1 Å². The standard InChI is InChI=1S/C22H27N7O3/c1-15-3-5-16(6-4-15)13-29-9-7-17(8-10-29)20-25-19(32-27-20)14-28(2)22-23-11-18(12-24-22)21(30)26-31/h3-6,11-12,17,31H,7-10,13-14H2,1-2H3,(H,26,30). The highest BCUT2D eigenvalue weighted by Gasteiger charge is 2.25. The van der Waals surface area contributed by atoms with Crippen LogP contribution in [0.25, 0.3) is 0 Å². The number of hydroxylamine groups is 1. The first-order chi connectivity index (χ1) is 15.5. The van der Waals surface area contributed by atoms with E-state index in [2.05, 4.69) is 56.2 Å². The Morgan fingerprint density at radius 2 is 1.91 bits per heavy atom. The summed E-state index contributed by atoms with van der Waals surface area (Å²) in [4.78, 5) is 28.4. The number of piperidine rings is 1. The predicted molar refractivity (Wildman–Crippen MR) is 116 cm³/mol. The van der Waals surface area contributed by atoms with Crippen molar-refractivity contribution < 1.29 is 14.5 Å². The van der Waals surface area contributed by atoms with Gasteiger partial charge in [0, 0.05) is 31.9 Å². The summed E-state index contributed by atoms with van der Waals surface area (Å²) in [5.41, 5.74) is 4.34. The normalized spacial score (nSPS) is 15.0. The number of amides is 1. The van der Waals surface area contributed by atoms with E-state index in [1.165, 1.54) is 23.5 Å². The SMILES string of the molecule is Cc1ccc(CN2CCC(c3noc(CN(C)c4ncc(C(=O)NO)cn4)n3)CC2)cc1. The van der Waals surface area contributed by atoms with E-state index < -0.39 is 5.91 Å². The third kappa shape index (κ3) is 5.27. The van der Waals surface area contributed by atoms with Gasteiger partial charge in [-0.1, -0.05) is 35.0 Å². The second-order valence-electron chi connectivity index (χ2n) is 8.15. The van der Waals surface area contributed by atoms with Gasteiger partial charge in [-0.3, -0.25) is 14.9 Å². The molecule has 32 heavy (non-hydrogen) atoms. The highest BCUT2D eigenvalue weighted by molar-refractivity contribution is 5.92. The molecule has 1 aliphatic heterocycles. The number of rotatable bonds is 7. The van der Waals surface area contributed by atoms with E-state index in [4.69, 9.17) is 9.73 Å². The molecule has 2 aromatic heterocycles. The maximum atomic E-state index is 11.4. The molecular weight excluding hydrogens is 410 g/mol. The van der Waals surface area contributed by atoms with Gasteiger partial charge in [-0.25, -0.2) is 15.4 Å². The summed E-state index contributed by atoms with van der Waals surface area (Å²) in [7, 11) is 1.80. The van der Waals surface area contributed by atoms with Crippen molar-refractivity contribution in [2.24, 2.45) is 0 Å². The average molecular weight is 438 g/mol. The fraction of sp³-hybridized carbons (Fsp3) is 0.409. The van der Waals surface area contributed by atoms with Crippen LogP contribution in [0.3, 0.4) is 0 Å². The first-order valence-corrected chi connectivity index (χ1v) is 10.6. The van der Waals surface area contributed by atoms with Crippen molar-refractivity contribution in [3.05, 3.63) is 65.1 Å². The second-order valence-corrected chi connectivity index (χ2v) is 8.15. The van der Waals surface area contributed by atoms with Crippen molar-refractivity contribution in [2.45, 2.75) is 38.8 Å². The number of hydrogen-bond donors (Lipinski definition) is 2. The van der Waals surface area contributed by atoms with Gasteiger partial charge >= 0.3 is 0 Å². The quantitative estimate of drug-likeness (QED) is 0.424. The lowest BCUT2D eigenvalue weighted by atomic mass is 9.96. The minimum atomic E-state index is -0.661. The highest BCUT2D eigenvalue weighted by atomic mass is 16.5. The molecule has 0 unspecified atom stereocenters. The minimum absolute atomic E-state index is 0.165. The molecule has 2 N–H and O–H groups in total. The van der Waals surface area contributed by atoms with Crippen molar-refractivity contribution in [1.82, 2.24) is 30.5 Å². The molecule has 10 heteroatoms. The molecule has 3 heterocycles. The first kappa shape index (κ1) is 21.8. The van der Waals surface area contributed by atoms with Crippen LogP contribution < -0.4 is 10.4 Å². The molecule has 1 fully saturated rings. The van der Waals surface area contributed by atoms with Crippen LogP contribution in [0.4, 0.5) is 5.95 Å². The van der Waals surface area contributed by atoms with E-state index in [1.807, 2.05) is 0 Å². The summed E-state index contributed by atoms with van der Waals surface area (Å²) in [6, 6.07) is 8.71. The molecule has 168 valence electrons. The second kappa shape index (κ2) is 9.84. The van der Waals surface area contributed by atoms with Crippen molar-refractivity contribution in [2.75, 3.05) is 25.0 Å². The Balaban J connectivity index is 1.29. The Kier molecular flexibility index (Phi) is 6.72. The molecule has 1 saturated heterocycles. The molecule has 0 atom stereocenters. The zero-order chi connectivity index (χ0) is 22.5. The Bertz CT molecular complexity index is 1030. The van der Waals surface area contributed by atoms with Crippen LogP contribution in [-0.2, 0) is 13.1 Å². The number of carbonyl (C=O) groups excluding carboxylic acids is 1. The molecule has 0 aliphatic carbocycles. The number of hydrogen-bond acceptors (Lipinski definition) is 9. The third-order valence-corrected chi connectivity index (χ3v) is 5.68. The fourth-order valence-corrected chi connectivity index (χ4v) is 3.77. The van der Waals surface area contributed by atoms with Gasteiger partial charge < -0.3 is 9.42 Å². The molecule has 0 radical (unpaired) electrons. The Morgan fingerprint density at radius 1 is 1.22 bits per heavy atom. The van der Waals surface area contributed by atoms with E-state index in [-0.39, 0.29) is 5.56 Å². The molecule has 1 aliphatic rings. The molecular formula is C22H27N7O3. The summed E-state index contributed by atoms with van der Waals surface area (Å²) >= 11 is 0. The van der Waals surface area contributed by atoms with Gasteiger partial charge in [-0.05, 0) is 38.4 Å². The van der Waals surface area contributed by atoms with Crippen LogP contribution in [0, 0.1) is 6.92 Å². The summed E-state index contributed by atoms with van der Waals surface area (Å²) in [6.07, 6.45) is 4.68. The zero-order valence-corrected chi connectivity index (χ0v) is 18.2. The fourth-order valence-electron chi connectivity index (χ4n) is 3.77. The Hall–Kier alpha value is -3.37.